The highest BCUT2D eigenvalue weighted by atomic mass is 16.3. The van der Waals surface area contributed by atoms with Crippen LogP contribution in [0, 0.1) is 5.92 Å². The van der Waals surface area contributed by atoms with Gasteiger partial charge in [-0.25, -0.2) is 0 Å². The third kappa shape index (κ3) is 4.28. The van der Waals surface area contributed by atoms with Crippen molar-refractivity contribution in [3.8, 4) is 0 Å². The van der Waals surface area contributed by atoms with Crippen molar-refractivity contribution in [2.24, 2.45) is 5.92 Å². The molecular formula is C13H24N2O2. The monoisotopic (exact) mass is 240 g/mol. The van der Waals surface area contributed by atoms with Crippen molar-refractivity contribution in [2.75, 3.05) is 13.1 Å². The highest BCUT2D eigenvalue weighted by Gasteiger charge is 2.21. The molecule has 98 valence electrons. The van der Waals surface area contributed by atoms with E-state index in [0.29, 0.717) is 13.0 Å². The normalized spacial score (nSPS) is 27.4. The van der Waals surface area contributed by atoms with Crippen molar-refractivity contribution in [1.29, 1.82) is 0 Å². The van der Waals surface area contributed by atoms with Gasteiger partial charge in [0.2, 0.25) is 5.91 Å². The van der Waals surface area contributed by atoms with Gasteiger partial charge >= 0.3 is 0 Å². The molecule has 2 aliphatic rings. The van der Waals surface area contributed by atoms with E-state index >= 15 is 0 Å². The predicted octanol–water partition coefficient (Wildman–Crippen LogP) is 0.796. The van der Waals surface area contributed by atoms with E-state index in [0.717, 1.165) is 25.3 Å². The van der Waals surface area contributed by atoms with Gasteiger partial charge in [0.25, 0.3) is 0 Å². The van der Waals surface area contributed by atoms with Crippen LogP contribution in [0.2, 0.25) is 0 Å². The summed E-state index contributed by atoms with van der Waals surface area (Å²) in [5.41, 5.74) is 0. The number of rotatable bonds is 6. The summed E-state index contributed by atoms with van der Waals surface area (Å²) in [5, 5.41) is 16.1. The van der Waals surface area contributed by atoms with E-state index in [1.54, 1.807) is 0 Å². The minimum Gasteiger partial charge on any atom is -0.392 e. The Balaban J connectivity index is 1.53. The molecule has 0 aromatic heterocycles. The maximum Gasteiger partial charge on any atom is 0.220 e. The third-order valence-electron chi connectivity index (χ3n) is 3.94. The minimum absolute atomic E-state index is 0.156. The van der Waals surface area contributed by atoms with Crippen LogP contribution >= 0.6 is 0 Å². The fourth-order valence-corrected chi connectivity index (χ4v) is 2.97. The summed E-state index contributed by atoms with van der Waals surface area (Å²) < 4.78 is 0. The molecule has 4 heteroatoms. The molecule has 0 aromatic rings. The number of hydrogen-bond acceptors (Lipinski definition) is 3. The van der Waals surface area contributed by atoms with Gasteiger partial charge in [-0.15, -0.1) is 0 Å². The van der Waals surface area contributed by atoms with Gasteiger partial charge in [0.15, 0.2) is 0 Å². The Morgan fingerprint density at radius 3 is 2.76 bits per heavy atom. The number of nitrogens with one attached hydrogen (secondary N) is 2. The molecule has 2 atom stereocenters. The molecule has 1 saturated heterocycles. The summed E-state index contributed by atoms with van der Waals surface area (Å²) in [6, 6.07) is 0.265. The maximum absolute atomic E-state index is 11.0. The third-order valence-corrected chi connectivity index (χ3v) is 3.94. The van der Waals surface area contributed by atoms with E-state index in [4.69, 9.17) is 0 Å². The van der Waals surface area contributed by atoms with Crippen LogP contribution < -0.4 is 10.6 Å². The fraction of sp³-hybridized carbons (Fsp3) is 0.923. The van der Waals surface area contributed by atoms with Crippen molar-refractivity contribution in [3.63, 3.8) is 0 Å². The average molecular weight is 240 g/mol. The van der Waals surface area contributed by atoms with Crippen LogP contribution in [0.1, 0.15) is 44.9 Å². The predicted molar refractivity (Wildman–Crippen MR) is 66.6 cm³/mol. The molecule has 0 aromatic carbocycles. The van der Waals surface area contributed by atoms with Gasteiger partial charge in [-0.3, -0.25) is 4.79 Å². The van der Waals surface area contributed by atoms with Gasteiger partial charge in [0.1, 0.15) is 0 Å². The number of aliphatic hydroxyl groups excluding tert-OH is 1. The summed E-state index contributed by atoms with van der Waals surface area (Å²) in [4.78, 5) is 11.0. The summed E-state index contributed by atoms with van der Waals surface area (Å²) in [5.74, 6) is 0.890. The van der Waals surface area contributed by atoms with Crippen molar-refractivity contribution < 1.29 is 9.90 Å². The summed E-state index contributed by atoms with van der Waals surface area (Å²) in [7, 11) is 0. The first kappa shape index (κ1) is 12.8. The average Bonchev–Trinajstić information content (AvgIpc) is 2.90. The van der Waals surface area contributed by atoms with Gasteiger partial charge in [0, 0.05) is 25.6 Å². The van der Waals surface area contributed by atoms with E-state index in [9.17, 15) is 9.90 Å². The van der Waals surface area contributed by atoms with E-state index in [-0.39, 0.29) is 18.1 Å². The van der Waals surface area contributed by atoms with Gasteiger partial charge in [-0.1, -0.05) is 25.7 Å². The van der Waals surface area contributed by atoms with E-state index in [1.807, 2.05) is 0 Å². The van der Waals surface area contributed by atoms with Gasteiger partial charge < -0.3 is 15.7 Å². The van der Waals surface area contributed by atoms with Crippen LogP contribution in [0.25, 0.3) is 0 Å². The lowest BCUT2D eigenvalue weighted by molar-refractivity contribution is -0.119. The van der Waals surface area contributed by atoms with Crippen molar-refractivity contribution in [2.45, 2.75) is 57.1 Å². The number of carbonyl (C=O) groups is 1. The Morgan fingerprint density at radius 2 is 2.12 bits per heavy atom. The summed E-state index contributed by atoms with van der Waals surface area (Å²) in [6.07, 6.45) is 7.52. The van der Waals surface area contributed by atoms with Crippen LogP contribution in [-0.4, -0.2) is 36.2 Å². The van der Waals surface area contributed by atoms with Crippen LogP contribution in [0.3, 0.4) is 0 Å². The smallest absolute Gasteiger partial charge is 0.220 e. The topological polar surface area (TPSA) is 61.4 Å². The molecule has 1 amide bonds. The molecule has 17 heavy (non-hydrogen) atoms. The van der Waals surface area contributed by atoms with Gasteiger partial charge in [0.05, 0.1) is 6.10 Å². The van der Waals surface area contributed by atoms with Crippen molar-refractivity contribution in [1.82, 2.24) is 10.6 Å². The minimum atomic E-state index is -0.227. The van der Waals surface area contributed by atoms with Crippen LogP contribution in [0.5, 0.6) is 0 Å². The number of carbonyl (C=O) groups excluding carboxylic acids is 1. The summed E-state index contributed by atoms with van der Waals surface area (Å²) in [6.45, 7) is 1.44. The maximum atomic E-state index is 11.0. The summed E-state index contributed by atoms with van der Waals surface area (Å²) >= 11 is 0. The first-order chi connectivity index (χ1) is 8.24. The molecule has 2 rings (SSSR count). The zero-order chi connectivity index (χ0) is 12.1. The van der Waals surface area contributed by atoms with Crippen molar-refractivity contribution in [3.05, 3.63) is 0 Å². The molecule has 0 spiro atoms. The number of hydrogen-bond donors (Lipinski definition) is 3. The zero-order valence-corrected chi connectivity index (χ0v) is 10.5. The first-order valence-corrected chi connectivity index (χ1v) is 6.92. The second-order valence-corrected chi connectivity index (χ2v) is 5.50. The first-order valence-electron chi connectivity index (χ1n) is 6.92. The van der Waals surface area contributed by atoms with E-state index in [2.05, 4.69) is 10.6 Å². The molecule has 0 bridgehead atoms. The molecule has 2 fully saturated rings. The highest BCUT2D eigenvalue weighted by Crippen LogP contribution is 2.28. The zero-order valence-electron chi connectivity index (χ0n) is 10.5. The molecular weight excluding hydrogens is 216 g/mol. The Bertz CT molecular complexity index is 252. The molecule has 4 nitrogen and oxygen atoms in total. The molecule has 1 saturated carbocycles. The largest absolute Gasteiger partial charge is 0.392 e. The lowest BCUT2D eigenvalue weighted by atomic mass is 10.00. The Labute approximate surface area is 103 Å². The van der Waals surface area contributed by atoms with Gasteiger partial charge in [-0.05, 0) is 18.8 Å². The molecule has 0 radical (unpaired) electrons. The Kier molecular flexibility index (Phi) is 4.80. The lowest BCUT2D eigenvalue weighted by Gasteiger charge is -2.17. The number of aliphatic hydroxyl groups is 1. The van der Waals surface area contributed by atoms with Crippen LogP contribution in [0.15, 0.2) is 0 Å². The number of amides is 1. The fourth-order valence-electron chi connectivity index (χ4n) is 2.97. The highest BCUT2D eigenvalue weighted by molar-refractivity contribution is 5.78. The second-order valence-electron chi connectivity index (χ2n) is 5.50. The lowest BCUT2D eigenvalue weighted by Crippen LogP contribution is -2.39. The van der Waals surface area contributed by atoms with Crippen LogP contribution in [-0.2, 0) is 4.79 Å². The van der Waals surface area contributed by atoms with E-state index < -0.39 is 0 Å². The van der Waals surface area contributed by atoms with Crippen LogP contribution in [0.4, 0.5) is 0 Å². The molecule has 1 aliphatic heterocycles. The molecule has 1 aliphatic carbocycles. The second kappa shape index (κ2) is 6.36. The standard InChI is InChI=1S/C13H24N2O2/c16-12(7-10-3-1-2-4-10)9-14-8-11-5-6-13(17)15-11/h10-12,14,16H,1-9H2,(H,15,17). The van der Waals surface area contributed by atoms with E-state index in [1.165, 1.54) is 25.7 Å². The molecule has 3 N–H and O–H groups in total. The SMILES string of the molecule is O=C1CCC(CNCC(O)CC2CCCC2)N1. The molecule has 2 unspecified atom stereocenters. The Morgan fingerprint density at radius 1 is 1.35 bits per heavy atom. The quantitative estimate of drug-likeness (QED) is 0.643. The Hall–Kier alpha value is -0.610. The van der Waals surface area contributed by atoms with Gasteiger partial charge in [-0.2, -0.15) is 0 Å². The van der Waals surface area contributed by atoms with Crippen molar-refractivity contribution >= 4 is 5.91 Å². The molecule has 1 heterocycles.